The lowest BCUT2D eigenvalue weighted by molar-refractivity contribution is 0.102. The molecule has 0 saturated carbocycles. The van der Waals surface area contributed by atoms with Crippen LogP contribution in [0.25, 0.3) is 0 Å². The molecule has 0 aliphatic carbocycles. The Bertz CT molecular complexity index is 641. The first-order chi connectivity index (χ1) is 9.27. The van der Waals surface area contributed by atoms with Gasteiger partial charge in [0.1, 0.15) is 0 Å². The second kappa shape index (κ2) is 5.40. The third-order valence-electron chi connectivity index (χ3n) is 3.06. The molecule has 2 rings (SSSR count). The summed E-state index contributed by atoms with van der Waals surface area (Å²) in [6.45, 7) is 8.24. The molecule has 0 bridgehead atoms. The van der Waals surface area contributed by atoms with Crippen molar-refractivity contribution >= 4 is 27.7 Å². The van der Waals surface area contributed by atoms with E-state index in [1.54, 1.807) is 6.07 Å². The van der Waals surface area contributed by atoms with Crippen molar-refractivity contribution in [1.82, 2.24) is 10.2 Å². The number of hydrogen-bond donors (Lipinski definition) is 2. The summed E-state index contributed by atoms with van der Waals surface area (Å²) < 4.78 is 0.919. The minimum atomic E-state index is -0.169. The van der Waals surface area contributed by atoms with E-state index in [1.807, 2.05) is 25.1 Å². The highest BCUT2D eigenvalue weighted by molar-refractivity contribution is 9.10. The molecule has 0 spiro atoms. The third kappa shape index (κ3) is 3.28. The highest BCUT2D eigenvalue weighted by atomic mass is 79.9. The fraction of sp³-hybridized carbons (Fsp3) is 0.333. The minimum Gasteiger partial charge on any atom is -0.305 e. The van der Waals surface area contributed by atoms with Gasteiger partial charge >= 0.3 is 0 Å². The number of rotatable bonds is 2. The van der Waals surface area contributed by atoms with Gasteiger partial charge in [-0.2, -0.15) is 5.10 Å². The summed E-state index contributed by atoms with van der Waals surface area (Å²) in [6, 6.07) is 7.38. The Labute approximate surface area is 127 Å². The molecule has 20 heavy (non-hydrogen) atoms. The van der Waals surface area contributed by atoms with Gasteiger partial charge in [0.05, 0.1) is 0 Å². The Balaban J connectivity index is 2.15. The zero-order valence-electron chi connectivity index (χ0n) is 12.0. The molecule has 1 amide bonds. The number of carbonyl (C=O) groups excluding carboxylic acids is 1. The molecule has 1 aromatic carbocycles. The molecule has 0 aliphatic rings. The number of hydrogen-bond acceptors (Lipinski definition) is 2. The van der Waals surface area contributed by atoms with Crippen molar-refractivity contribution in [3.05, 3.63) is 45.6 Å². The van der Waals surface area contributed by atoms with Gasteiger partial charge in [-0.3, -0.25) is 9.89 Å². The Morgan fingerprint density at radius 2 is 2.00 bits per heavy atom. The monoisotopic (exact) mass is 335 g/mol. The van der Waals surface area contributed by atoms with E-state index in [4.69, 9.17) is 0 Å². The molecule has 0 aliphatic heterocycles. The normalized spacial score (nSPS) is 11.4. The second-order valence-electron chi connectivity index (χ2n) is 5.83. The largest absolute Gasteiger partial charge is 0.305 e. The molecule has 1 heterocycles. The molecule has 0 unspecified atom stereocenters. The summed E-state index contributed by atoms with van der Waals surface area (Å²) in [6.07, 6.45) is 0. The molecule has 0 radical (unpaired) electrons. The minimum absolute atomic E-state index is 0.0249. The maximum absolute atomic E-state index is 12.2. The molecule has 1 aromatic heterocycles. The van der Waals surface area contributed by atoms with Crippen molar-refractivity contribution in [3.8, 4) is 0 Å². The molecule has 0 fully saturated rings. The van der Waals surface area contributed by atoms with Crippen molar-refractivity contribution in [3.63, 3.8) is 0 Å². The van der Waals surface area contributed by atoms with E-state index in [1.165, 1.54) is 0 Å². The van der Waals surface area contributed by atoms with Crippen LogP contribution < -0.4 is 5.32 Å². The van der Waals surface area contributed by atoms with Gasteiger partial charge in [0, 0.05) is 27.2 Å². The zero-order valence-corrected chi connectivity index (χ0v) is 13.6. The summed E-state index contributed by atoms with van der Waals surface area (Å²) in [7, 11) is 0. The van der Waals surface area contributed by atoms with Crippen LogP contribution in [0.3, 0.4) is 0 Å². The standard InChI is InChI=1S/C15H18BrN3O/c1-9-5-6-10(7-11(9)16)14(20)17-13-8-12(18-19-13)15(2,3)4/h5-8H,1-4H3,(H2,17,18,19,20). The van der Waals surface area contributed by atoms with Crippen LogP contribution in [0.2, 0.25) is 0 Å². The molecule has 5 heteroatoms. The van der Waals surface area contributed by atoms with Crippen LogP contribution in [0, 0.1) is 6.92 Å². The number of H-pyrrole nitrogens is 1. The van der Waals surface area contributed by atoms with Gasteiger partial charge in [-0.1, -0.05) is 42.8 Å². The summed E-state index contributed by atoms with van der Waals surface area (Å²) >= 11 is 3.43. The van der Waals surface area contributed by atoms with Crippen molar-refractivity contribution in [2.24, 2.45) is 0 Å². The molecular formula is C15H18BrN3O. The van der Waals surface area contributed by atoms with Crippen molar-refractivity contribution in [1.29, 1.82) is 0 Å². The van der Waals surface area contributed by atoms with Crippen LogP contribution in [-0.2, 0) is 5.41 Å². The first kappa shape index (κ1) is 14.8. The van der Waals surface area contributed by atoms with Gasteiger partial charge in [0.25, 0.3) is 5.91 Å². The van der Waals surface area contributed by atoms with Gasteiger partial charge in [0.2, 0.25) is 0 Å². The zero-order chi connectivity index (χ0) is 14.9. The average Bonchev–Trinajstić information content (AvgIpc) is 2.81. The lowest BCUT2D eigenvalue weighted by atomic mass is 9.92. The Hall–Kier alpha value is -1.62. The van der Waals surface area contributed by atoms with Gasteiger partial charge < -0.3 is 5.32 Å². The Morgan fingerprint density at radius 3 is 2.55 bits per heavy atom. The van der Waals surface area contributed by atoms with Crippen LogP contribution in [0.5, 0.6) is 0 Å². The summed E-state index contributed by atoms with van der Waals surface area (Å²) in [4.78, 5) is 12.2. The lowest BCUT2D eigenvalue weighted by Crippen LogP contribution is -2.12. The molecule has 2 N–H and O–H groups in total. The lowest BCUT2D eigenvalue weighted by Gasteiger charge is -2.14. The number of amides is 1. The van der Waals surface area contributed by atoms with Gasteiger partial charge in [0.15, 0.2) is 5.82 Å². The number of halogens is 1. The van der Waals surface area contributed by atoms with Crippen LogP contribution in [-0.4, -0.2) is 16.1 Å². The maximum atomic E-state index is 12.2. The SMILES string of the molecule is Cc1ccc(C(=O)Nc2cc(C(C)(C)C)[nH]n2)cc1Br. The van der Waals surface area contributed by atoms with E-state index in [2.05, 4.69) is 52.2 Å². The molecule has 0 atom stereocenters. The Kier molecular flexibility index (Phi) is 3.99. The highest BCUT2D eigenvalue weighted by Crippen LogP contribution is 2.22. The summed E-state index contributed by atoms with van der Waals surface area (Å²) in [5, 5.41) is 9.86. The van der Waals surface area contributed by atoms with Gasteiger partial charge in [-0.25, -0.2) is 0 Å². The van der Waals surface area contributed by atoms with E-state index in [9.17, 15) is 4.79 Å². The average molecular weight is 336 g/mol. The predicted molar refractivity (Wildman–Crippen MR) is 84.1 cm³/mol. The predicted octanol–water partition coefficient (Wildman–Crippen LogP) is 4.03. The van der Waals surface area contributed by atoms with Gasteiger partial charge in [-0.15, -0.1) is 0 Å². The third-order valence-corrected chi connectivity index (χ3v) is 3.92. The van der Waals surface area contributed by atoms with E-state index >= 15 is 0 Å². The maximum Gasteiger partial charge on any atom is 0.256 e. The van der Waals surface area contributed by atoms with Crippen LogP contribution in [0.1, 0.15) is 42.4 Å². The van der Waals surface area contributed by atoms with E-state index < -0.39 is 0 Å². The van der Waals surface area contributed by atoms with Crippen LogP contribution in [0.15, 0.2) is 28.7 Å². The van der Waals surface area contributed by atoms with Crippen molar-refractivity contribution < 1.29 is 4.79 Å². The highest BCUT2D eigenvalue weighted by Gasteiger charge is 2.17. The fourth-order valence-corrected chi connectivity index (χ4v) is 2.07. The second-order valence-corrected chi connectivity index (χ2v) is 6.69. The number of aryl methyl sites for hydroxylation is 1. The van der Waals surface area contributed by atoms with E-state index in [0.717, 1.165) is 15.7 Å². The first-order valence-corrected chi connectivity index (χ1v) is 7.20. The van der Waals surface area contributed by atoms with Gasteiger partial charge in [-0.05, 0) is 24.6 Å². The molecule has 106 valence electrons. The molecular weight excluding hydrogens is 318 g/mol. The van der Waals surface area contributed by atoms with Crippen LogP contribution in [0.4, 0.5) is 5.82 Å². The van der Waals surface area contributed by atoms with E-state index in [0.29, 0.717) is 11.4 Å². The van der Waals surface area contributed by atoms with Crippen molar-refractivity contribution in [2.75, 3.05) is 5.32 Å². The number of aromatic amines is 1. The summed E-state index contributed by atoms with van der Waals surface area (Å²) in [5.74, 6) is 0.370. The molecule has 0 saturated heterocycles. The smallest absolute Gasteiger partial charge is 0.256 e. The number of benzene rings is 1. The number of nitrogens with one attached hydrogen (secondary N) is 2. The van der Waals surface area contributed by atoms with Crippen molar-refractivity contribution in [2.45, 2.75) is 33.1 Å². The molecule has 4 nitrogen and oxygen atoms in total. The quantitative estimate of drug-likeness (QED) is 0.870. The Morgan fingerprint density at radius 1 is 1.30 bits per heavy atom. The van der Waals surface area contributed by atoms with E-state index in [-0.39, 0.29) is 11.3 Å². The topological polar surface area (TPSA) is 57.8 Å². The molecule has 2 aromatic rings. The number of nitrogens with zero attached hydrogens (tertiary/aromatic N) is 1. The number of anilines is 1. The van der Waals surface area contributed by atoms with Crippen LogP contribution >= 0.6 is 15.9 Å². The first-order valence-electron chi connectivity index (χ1n) is 6.41. The fourth-order valence-electron chi connectivity index (χ4n) is 1.69. The summed E-state index contributed by atoms with van der Waals surface area (Å²) in [5.41, 5.74) is 2.65. The number of aromatic nitrogens is 2. The number of carbonyl (C=O) groups is 1.